The Hall–Kier alpha value is -3.13. The van der Waals surface area contributed by atoms with E-state index in [9.17, 15) is 14.4 Å². The summed E-state index contributed by atoms with van der Waals surface area (Å²) in [5.41, 5.74) is 1.08. The van der Waals surface area contributed by atoms with Gasteiger partial charge in [0.15, 0.2) is 5.78 Å². The average Bonchev–Trinajstić information content (AvgIpc) is 2.98. The predicted molar refractivity (Wildman–Crippen MR) is 107 cm³/mol. The number of aryl methyl sites for hydroxylation is 1. The van der Waals surface area contributed by atoms with Gasteiger partial charge in [-0.25, -0.2) is 4.79 Å². The Labute approximate surface area is 169 Å². The second kappa shape index (κ2) is 9.88. The standard InChI is InChI=1S/C21H26N2O6/c1-6-28-21(26)19-18(13(2)24)14(3)29-20(19)22-17(25)12-23(4)11-15-7-9-16(27-5)10-8-15/h7-10H,6,11-12H2,1-5H3,(H,22,25). The van der Waals surface area contributed by atoms with Crippen LogP contribution >= 0.6 is 0 Å². The highest BCUT2D eigenvalue weighted by Crippen LogP contribution is 2.28. The Morgan fingerprint density at radius 3 is 2.34 bits per heavy atom. The highest BCUT2D eigenvalue weighted by Gasteiger charge is 2.28. The number of likely N-dealkylation sites (N-methyl/N-ethyl adjacent to an activating group) is 1. The topological polar surface area (TPSA) is 98.1 Å². The molecule has 0 aliphatic carbocycles. The highest BCUT2D eigenvalue weighted by atomic mass is 16.5. The van der Waals surface area contributed by atoms with Gasteiger partial charge < -0.3 is 13.9 Å². The van der Waals surface area contributed by atoms with Gasteiger partial charge in [0.05, 0.1) is 25.8 Å². The number of anilines is 1. The molecule has 1 heterocycles. The molecule has 0 spiro atoms. The summed E-state index contributed by atoms with van der Waals surface area (Å²) < 4.78 is 15.6. The lowest BCUT2D eigenvalue weighted by molar-refractivity contribution is -0.117. The maximum Gasteiger partial charge on any atom is 0.344 e. The van der Waals surface area contributed by atoms with Crippen LogP contribution in [0.15, 0.2) is 28.7 Å². The number of Topliss-reactive ketones (excluding diaryl/α,β-unsaturated/α-hetero) is 1. The fourth-order valence-corrected chi connectivity index (χ4v) is 2.96. The molecule has 2 aromatic rings. The minimum Gasteiger partial charge on any atom is -0.497 e. The second-order valence-electron chi connectivity index (χ2n) is 6.58. The molecule has 0 aliphatic heterocycles. The first-order valence-corrected chi connectivity index (χ1v) is 9.19. The third-order valence-corrected chi connectivity index (χ3v) is 4.19. The number of nitrogens with zero attached hydrogens (tertiary/aromatic N) is 1. The van der Waals surface area contributed by atoms with Crippen molar-refractivity contribution in [2.45, 2.75) is 27.3 Å². The number of nitrogens with one attached hydrogen (secondary N) is 1. The fourth-order valence-electron chi connectivity index (χ4n) is 2.96. The largest absolute Gasteiger partial charge is 0.497 e. The monoisotopic (exact) mass is 402 g/mol. The number of ether oxygens (including phenoxy) is 2. The van der Waals surface area contributed by atoms with Gasteiger partial charge in [0.2, 0.25) is 11.8 Å². The van der Waals surface area contributed by atoms with E-state index in [4.69, 9.17) is 13.9 Å². The van der Waals surface area contributed by atoms with Crippen LogP contribution in [0.3, 0.4) is 0 Å². The molecule has 0 bridgehead atoms. The van der Waals surface area contributed by atoms with Gasteiger partial charge in [-0.05, 0) is 45.5 Å². The second-order valence-corrected chi connectivity index (χ2v) is 6.58. The third-order valence-electron chi connectivity index (χ3n) is 4.19. The molecule has 156 valence electrons. The number of esters is 1. The zero-order valence-corrected chi connectivity index (χ0v) is 17.3. The van der Waals surface area contributed by atoms with Gasteiger partial charge in [-0.1, -0.05) is 12.1 Å². The quantitative estimate of drug-likeness (QED) is 0.508. The first-order chi connectivity index (χ1) is 13.8. The summed E-state index contributed by atoms with van der Waals surface area (Å²) in [6, 6.07) is 7.54. The molecule has 1 N–H and O–H groups in total. The molecule has 0 saturated heterocycles. The maximum absolute atomic E-state index is 12.5. The SMILES string of the molecule is CCOC(=O)c1c(NC(=O)CN(C)Cc2ccc(OC)cc2)oc(C)c1C(C)=O. The number of carbonyl (C=O) groups excluding carboxylic acids is 3. The molecule has 0 atom stereocenters. The van der Waals surface area contributed by atoms with E-state index in [1.807, 2.05) is 29.2 Å². The van der Waals surface area contributed by atoms with Crippen molar-refractivity contribution >= 4 is 23.5 Å². The summed E-state index contributed by atoms with van der Waals surface area (Å²) in [6.45, 7) is 5.28. The summed E-state index contributed by atoms with van der Waals surface area (Å²) in [4.78, 5) is 38.5. The molecule has 2 rings (SSSR count). The number of benzene rings is 1. The first-order valence-electron chi connectivity index (χ1n) is 9.19. The van der Waals surface area contributed by atoms with Crippen molar-refractivity contribution in [3.05, 3.63) is 46.7 Å². The number of hydrogen-bond acceptors (Lipinski definition) is 7. The van der Waals surface area contributed by atoms with Crippen LogP contribution in [-0.4, -0.2) is 49.9 Å². The van der Waals surface area contributed by atoms with Gasteiger partial charge in [0.25, 0.3) is 0 Å². The van der Waals surface area contributed by atoms with Crippen molar-refractivity contribution in [1.82, 2.24) is 4.90 Å². The zero-order valence-electron chi connectivity index (χ0n) is 17.3. The number of rotatable bonds is 9. The van der Waals surface area contributed by atoms with E-state index in [1.165, 1.54) is 6.92 Å². The summed E-state index contributed by atoms with van der Waals surface area (Å²) in [6.07, 6.45) is 0. The van der Waals surface area contributed by atoms with E-state index in [0.717, 1.165) is 11.3 Å². The molecule has 1 aromatic carbocycles. The Bertz CT molecular complexity index is 885. The van der Waals surface area contributed by atoms with Crippen LogP contribution in [0.1, 0.15) is 45.9 Å². The molecule has 0 aliphatic rings. The van der Waals surface area contributed by atoms with Crippen LogP contribution in [0.2, 0.25) is 0 Å². The smallest absolute Gasteiger partial charge is 0.344 e. The third kappa shape index (κ3) is 5.68. The van der Waals surface area contributed by atoms with E-state index >= 15 is 0 Å². The van der Waals surface area contributed by atoms with Gasteiger partial charge in [-0.2, -0.15) is 0 Å². The highest BCUT2D eigenvalue weighted by molar-refractivity contribution is 6.10. The normalized spacial score (nSPS) is 10.7. The fraction of sp³-hybridized carbons (Fsp3) is 0.381. The number of hydrogen-bond donors (Lipinski definition) is 1. The zero-order chi connectivity index (χ0) is 21.6. The van der Waals surface area contributed by atoms with E-state index in [0.29, 0.717) is 6.54 Å². The molecule has 0 unspecified atom stereocenters. The predicted octanol–water partition coefficient (Wildman–Crippen LogP) is 3.05. The van der Waals surface area contributed by atoms with Crippen LogP contribution in [-0.2, 0) is 16.1 Å². The number of furan rings is 1. The van der Waals surface area contributed by atoms with Gasteiger partial charge in [-0.3, -0.25) is 19.8 Å². The van der Waals surface area contributed by atoms with E-state index in [1.54, 1.807) is 28.0 Å². The van der Waals surface area contributed by atoms with Gasteiger partial charge in [-0.15, -0.1) is 0 Å². The summed E-state index contributed by atoms with van der Waals surface area (Å²) in [5, 5.41) is 2.58. The molecule has 8 heteroatoms. The van der Waals surface area contributed by atoms with Crippen LogP contribution in [0.25, 0.3) is 0 Å². The van der Waals surface area contributed by atoms with Crippen molar-refractivity contribution < 1.29 is 28.3 Å². The summed E-state index contributed by atoms with van der Waals surface area (Å²) in [7, 11) is 3.40. The maximum atomic E-state index is 12.5. The van der Waals surface area contributed by atoms with E-state index in [2.05, 4.69) is 5.32 Å². The minimum absolute atomic E-state index is 0.0528. The number of ketones is 1. The molecule has 29 heavy (non-hydrogen) atoms. The Balaban J connectivity index is 2.10. The minimum atomic E-state index is -0.712. The first kappa shape index (κ1) is 22.2. The Morgan fingerprint density at radius 2 is 1.79 bits per heavy atom. The lowest BCUT2D eigenvalue weighted by atomic mass is 10.1. The van der Waals surface area contributed by atoms with Crippen LogP contribution in [0.4, 0.5) is 5.88 Å². The molecular weight excluding hydrogens is 376 g/mol. The van der Waals surface area contributed by atoms with Gasteiger partial charge >= 0.3 is 5.97 Å². The van der Waals surface area contributed by atoms with Crippen molar-refractivity contribution in [2.75, 3.05) is 32.6 Å². The van der Waals surface area contributed by atoms with Crippen molar-refractivity contribution in [2.24, 2.45) is 0 Å². The van der Waals surface area contributed by atoms with Crippen LogP contribution in [0.5, 0.6) is 5.75 Å². The van der Waals surface area contributed by atoms with E-state index in [-0.39, 0.29) is 47.6 Å². The van der Waals surface area contributed by atoms with Crippen molar-refractivity contribution in [3.8, 4) is 5.75 Å². The number of carbonyl (C=O) groups is 3. The molecule has 1 amide bonds. The van der Waals surface area contributed by atoms with Crippen LogP contribution in [0, 0.1) is 6.92 Å². The summed E-state index contributed by atoms with van der Waals surface area (Å²) in [5.74, 6) is -0.496. The molecule has 1 aromatic heterocycles. The van der Waals surface area contributed by atoms with Crippen molar-refractivity contribution in [1.29, 1.82) is 0 Å². The number of amides is 1. The molecule has 0 saturated carbocycles. The average molecular weight is 402 g/mol. The number of methoxy groups -OCH3 is 1. The lowest BCUT2D eigenvalue weighted by Gasteiger charge is -2.16. The van der Waals surface area contributed by atoms with E-state index < -0.39 is 5.97 Å². The molecule has 8 nitrogen and oxygen atoms in total. The van der Waals surface area contributed by atoms with Gasteiger partial charge in [0.1, 0.15) is 17.1 Å². The molecule has 0 fully saturated rings. The molecule has 0 radical (unpaired) electrons. The Morgan fingerprint density at radius 1 is 1.14 bits per heavy atom. The Kier molecular flexibility index (Phi) is 7.55. The molecular formula is C21H26N2O6. The summed E-state index contributed by atoms with van der Waals surface area (Å²) >= 11 is 0. The lowest BCUT2D eigenvalue weighted by Crippen LogP contribution is -2.30. The van der Waals surface area contributed by atoms with Gasteiger partial charge in [0, 0.05) is 6.54 Å². The van der Waals surface area contributed by atoms with Crippen LogP contribution < -0.4 is 10.1 Å². The van der Waals surface area contributed by atoms with Crippen molar-refractivity contribution in [3.63, 3.8) is 0 Å².